The lowest BCUT2D eigenvalue weighted by Gasteiger charge is -1.88. The highest BCUT2D eigenvalue weighted by atomic mass is 16.3. The first-order chi connectivity index (χ1) is 3.63. The van der Waals surface area contributed by atoms with Crippen molar-refractivity contribution in [1.29, 1.82) is 0 Å². The van der Waals surface area contributed by atoms with Gasteiger partial charge in [0.2, 0.25) is 0 Å². The predicted octanol–water partition coefficient (Wildman–Crippen LogP) is 0.512. The van der Waals surface area contributed by atoms with Crippen molar-refractivity contribution in [3.63, 3.8) is 0 Å². The molecular weight excluding hydrogens is 104 g/mol. The lowest BCUT2D eigenvalue weighted by atomic mass is 10.3. The smallest absolute Gasteiger partial charge is 0.152 e. The fraction of sp³-hybridized carbons (Fsp3) is 0.500. The Bertz CT molecular complexity index is 103. The summed E-state index contributed by atoms with van der Waals surface area (Å²) >= 11 is 0. The molecule has 0 aromatic rings. The van der Waals surface area contributed by atoms with Crippen LogP contribution in [0, 0.1) is 0 Å². The van der Waals surface area contributed by atoms with E-state index in [-0.39, 0.29) is 5.78 Å². The number of hydrogen-bond acceptors (Lipinski definition) is 2. The molecule has 0 radical (unpaired) electrons. The van der Waals surface area contributed by atoms with E-state index in [0.717, 1.165) is 0 Å². The summed E-state index contributed by atoms with van der Waals surface area (Å²) in [5.74, 6) is -0.0362. The first-order valence-electron chi connectivity index (χ1n) is 2.50. The minimum atomic E-state index is -0.515. The molecule has 0 aliphatic carbocycles. The van der Waals surface area contributed by atoms with Crippen molar-refractivity contribution in [1.82, 2.24) is 0 Å². The summed E-state index contributed by atoms with van der Waals surface area (Å²) in [5, 5.41) is 8.56. The zero-order valence-electron chi connectivity index (χ0n) is 5.09. The van der Waals surface area contributed by atoms with Crippen LogP contribution in [0.2, 0.25) is 0 Å². The van der Waals surface area contributed by atoms with E-state index >= 15 is 0 Å². The van der Waals surface area contributed by atoms with Crippen molar-refractivity contribution in [3.05, 3.63) is 12.2 Å². The molecule has 0 bridgehead atoms. The van der Waals surface area contributed by atoms with Gasteiger partial charge in [0.1, 0.15) is 0 Å². The maximum Gasteiger partial charge on any atom is 0.152 e. The first-order valence-corrected chi connectivity index (χ1v) is 2.50. The average molecular weight is 114 g/mol. The Morgan fingerprint density at radius 3 is 2.38 bits per heavy atom. The Labute approximate surface area is 48.8 Å². The Kier molecular flexibility index (Phi) is 3.12. The van der Waals surface area contributed by atoms with Crippen LogP contribution in [-0.2, 0) is 4.79 Å². The third-order valence-corrected chi connectivity index (χ3v) is 0.609. The molecule has 0 unspecified atom stereocenters. The van der Waals surface area contributed by atoms with Gasteiger partial charge in [0.05, 0.1) is 6.10 Å². The van der Waals surface area contributed by atoms with Crippen molar-refractivity contribution >= 4 is 5.78 Å². The molecule has 46 valence electrons. The van der Waals surface area contributed by atoms with Crippen molar-refractivity contribution in [2.24, 2.45) is 0 Å². The molecule has 0 aromatic heterocycles. The number of hydrogen-bond donors (Lipinski definition) is 1. The van der Waals surface area contributed by atoms with Gasteiger partial charge in [-0.05, 0) is 19.9 Å². The van der Waals surface area contributed by atoms with E-state index in [1.54, 1.807) is 6.92 Å². The van der Waals surface area contributed by atoms with Gasteiger partial charge in [0.25, 0.3) is 0 Å². The summed E-state index contributed by atoms with van der Waals surface area (Å²) in [6.45, 7) is 3.04. The lowest BCUT2D eigenvalue weighted by Crippen LogP contribution is -1.93. The summed E-state index contributed by atoms with van der Waals surface area (Å²) in [5.41, 5.74) is 0. The van der Waals surface area contributed by atoms with E-state index in [4.69, 9.17) is 5.11 Å². The SMILES string of the molecule is CC(=O)/C=C/[C@H](C)O. The maximum absolute atomic E-state index is 10.2. The Morgan fingerprint density at radius 1 is 1.75 bits per heavy atom. The second kappa shape index (κ2) is 3.38. The molecule has 0 saturated heterocycles. The Morgan fingerprint density at radius 2 is 2.25 bits per heavy atom. The molecule has 0 saturated carbocycles. The first kappa shape index (κ1) is 7.37. The highest BCUT2D eigenvalue weighted by molar-refractivity contribution is 5.87. The fourth-order valence-electron chi connectivity index (χ4n) is 0.275. The topological polar surface area (TPSA) is 37.3 Å². The number of aliphatic hydroxyl groups excluding tert-OH is 1. The Hall–Kier alpha value is -0.630. The molecule has 0 heterocycles. The molecule has 2 nitrogen and oxygen atoms in total. The molecule has 0 rings (SSSR count). The number of carbonyl (C=O) groups is 1. The molecule has 0 aromatic carbocycles. The van der Waals surface area contributed by atoms with Crippen LogP contribution in [0.4, 0.5) is 0 Å². The summed E-state index contributed by atoms with van der Waals surface area (Å²) in [6.07, 6.45) is 2.28. The third kappa shape index (κ3) is 5.37. The van der Waals surface area contributed by atoms with E-state index in [9.17, 15) is 4.79 Å². The highest BCUT2D eigenvalue weighted by Gasteiger charge is 1.85. The van der Waals surface area contributed by atoms with Crippen LogP contribution in [0.25, 0.3) is 0 Å². The quantitative estimate of drug-likeness (QED) is 0.531. The molecule has 1 atom stereocenters. The number of allylic oxidation sites excluding steroid dienone is 1. The molecule has 1 N–H and O–H groups in total. The van der Waals surface area contributed by atoms with Crippen molar-refractivity contribution in [2.45, 2.75) is 20.0 Å². The Balaban J connectivity index is 3.50. The molecular formula is C6H10O2. The zero-order valence-corrected chi connectivity index (χ0v) is 5.09. The van der Waals surface area contributed by atoms with Gasteiger partial charge in [-0.3, -0.25) is 4.79 Å². The van der Waals surface area contributed by atoms with Gasteiger partial charge in [-0.25, -0.2) is 0 Å². The van der Waals surface area contributed by atoms with Gasteiger partial charge in [0.15, 0.2) is 5.78 Å². The molecule has 0 aliphatic rings. The average Bonchev–Trinajstić information content (AvgIpc) is 1.61. The van der Waals surface area contributed by atoms with Crippen LogP contribution in [0.1, 0.15) is 13.8 Å². The minimum absolute atomic E-state index is 0.0362. The minimum Gasteiger partial charge on any atom is -0.389 e. The van der Waals surface area contributed by atoms with E-state index < -0.39 is 6.10 Å². The van der Waals surface area contributed by atoms with Crippen LogP contribution in [0.15, 0.2) is 12.2 Å². The second-order valence-electron chi connectivity index (χ2n) is 1.71. The van der Waals surface area contributed by atoms with Crippen LogP contribution in [0.5, 0.6) is 0 Å². The second-order valence-corrected chi connectivity index (χ2v) is 1.71. The standard InChI is InChI=1S/C6H10O2/c1-5(7)3-4-6(2)8/h3-5,7H,1-2H3/b4-3+/t5-/m0/s1. The van der Waals surface area contributed by atoms with Gasteiger partial charge in [0, 0.05) is 0 Å². The normalized spacial score (nSPS) is 14.4. The maximum atomic E-state index is 10.2. The van der Waals surface area contributed by atoms with E-state index in [1.807, 2.05) is 0 Å². The zero-order chi connectivity index (χ0) is 6.57. The summed E-state index contributed by atoms with van der Waals surface area (Å²) < 4.78 is 0. The van der Waals surface area contributed by atoms with Gasteiger partial charge in [-0.15, -0.1) is 0 Å². The van der Waals surface area contributed by atoms with Gasteiger partial charge in [-0.1, -0.05) is 6.08 Å². The van der Waals surface area contributed by atoms with Crippen molar-refractivity contribution in [2.75, 3.05) is 0 Å². The fourth-order valence-corrected chi connectivity index (χ4v) is 0.275. The van der Waals surface area contributed by atoms with Gasteiger partial charge in [-0.2, -0.15) is 0 Å². The number of ketones is 1. The number of carbonyl (C=O) groups excluding carboxylic acids is 1. The van der Waals surface area contributed by atoms with E-state index in [1.165, 1.54) is 19.1 Å². The third-order valence-electron chi connectivity index (χ3n) is 0.609. The predicted molar refractivity (Wildman–Crippen MR) is 31.5 cm³/mol. The highest BCUT2D eigenvalue weighted by Crippen LogP contribution is 1.81. The van der Waals surface area contributed by atoms with E-state index in [2.05, 4.69) is 0 Å². The molecule has 0 spiro atoms. The van der Waals surface area contributed by atoms with Crippen LogP contribution < -0.4 is 0 Å². The lowest BCUT2D eigenvalue weighted by molar-refractivity contribution is -0.112. The number of aliphatic hydroxyl groups is 1. The monoisotopic (exact) mass is 114 g/mol. The van der Waals surface area contributed by atoms with Crippen molar-refractivity contribution < 1.29 is 9.90 Å². The van der Waals surface area contributed by atoms with E-state index in [0.29, 0.717) is 0 Å². The van der Waals surface area contributed by atoms with Crippen molar-refractivity contribution in [3.8, 4) is 0 Å². The molecule has 0 aliphatic heterocycles. The van der Waals surface area contributed by atoms with Crippen LogP contribution >= 0.6 is 0 Å². The van der Waals surface area contributed by atoms with Crippen LogP contribution in [-0.4, -0.2) is 17.0 Å². The molecule has 0 amide bonds. The molecule has 2 heteroatoms. The summed E-state index contributed by atoms with van der Waals surface area (Å²) in [6, 6.07) is 0. The van der Waals surface area contributed by atoms with Gasteiger partial charge < -0.3 is 5.11 Å². The molecule has 8 heavy (non-hydrogen) atoms. The molecule has 0 fully saturated rings. The van der Waals surface area contributed by atoms with Gasteiger partial charge >= 0.3 is 0 Å². The summed E-state index contributed by atoms with van der Waals surface area (Å²) in [4.78, 5) is 10.2. The van der Waals surface area contributed by atoms with Crippen LogP contribution in [0.3, 0.4) is 0 Å². The largest absolute Gasteiger partial charge is 0.389 e. The number of rotatable bonds is 2. The summed E-state index contributed by atoms with van der Waals surface area (Å²) in [7, 11) is 0.